The van der Waals surface area contributed by atoms with Crippen molar-refractivity contribution in [2.75, 3.05) is 0 Å². The first-order valence-electron chi connectivity index (χ1n) is 6.58. The number of phenolic OH excluding ortho intramolecular Hbond substituents is 1. The molecule has 0 bridgehead atoms. The van der Waals surface area contributed by atoms with Crippen LogP contribution < -0.4 is 5.43 Å². The maximum atomic E-state index is 12.1. The number of carbonyl (C=O) groups is 1. The third-order valence-corrected chi connectivity index (χ3v) is 4.53. The minimum Gasteiger partial charge on any atom is -0.507 e. The topological polar surface area (TPSA) is 81.9 Å². The van der Waals surface area contributed by atoms with Crippen LogP contribution in [-0.2, 0) is 0 Å². The van der Waals surface area contributed by atoms with Gasteiger partial charge in [-0.15, -0.1) is 11.3 Å². The molecule has 7 heteroatoms. The molecule has 0 aliphatic heterocycles. The number of hydrogen-bond acceptors (Lipinski definition) is 5. The lowest BCUT2D eigenvalue weighted by molar-refractivity contribution is 0.0957. The van der Waals surface area contributed by atoms with Gasteiger partial charge in [0.15, 0.2) is 0 Å². The molecule has 0 unspecified atom stereocenters. The molecule has 0 spiro atoms. The smallest absolute Gasteiger partial charge is 0.285 e. The van der Waals surface area contributed by atoms with Crippen LogP contribution in [0.5, 0.6) is 11.5 Å². The van der Waals surface area contributed by atoms with Gasteiger partial charge in [0, 0.05) is 20.7 Å². The van der Waals surface area contributed by atoms with Crippen molar-refractivity contribution in [2.45, 2.75) is 0 Å². The van der Waals surface area contributed by atoms with Gasteiger partial charge >= 0.3 is 0 Å². The summed E-state index contributed by atoms with van der Waals surface area (Å²) in [4.78, 5) is 12.3. The van der Waals surface area contributed by atoms with Crippen LogP contribution in [0, 0.1) is 0 Å². The van der Waals surface area contributed by atoms with Crippen molar-refractivity contribution in [3.05, 3.63) is 57.9 Å². The summed E-state index contributed by atoms with van der Waals surface area (Å²) < 4.78 is 0.812. The van der Waals surface area contributed by atoms with Crippen LogP contribution in [0.4, 0.5) is 0 Å². The molecule has 3 N–H and O–H groups in total. The Balaban J connectivity index is 1.80. The van der Waals surface area contributed by atoms with Crippen LogP contribution in [-0.4, -0.2) is 22.3 Å². The normalized spacial score (nSPS) is 11.2. The van der Waals surface area contributed by atoms with Gasteiger partial charge in [-0.05, 0) is 30.3 Å². The zero-order valence-electron chi connectivity index (χ0n) is 11.7. The average molecular weight is 347 g/mol. The molecule has 116 valence electrons. The van der Waals surface area contributed by atoms with Crippen LogP contribution in [0.15, 0.2) is 47.6 Å². The highest BCUT2D eigenvalue weighted by atomic mass is 35.5. The number of phenols is 1. The number of benzene rings is 2. The van der Waals surface area contributed by atoms with Crippen LogP contribution in [0.25, 0.3) is 10.1 Å². The second-order valence-corrected chi connectivity index (χ2v) is 6.17. The van der Waals surface area contributed by atoms with Crippen molar-refractivity contribution in [2.24, 2.45) is 5.10 Å². The maximum Gasteiger partial charge on any atom is 0.285 e. The third-order valence-electron chi connectivity index (χ3n) is 3.13. The SMILES string of the molecule is O=C(N/N=C\c1cc(Cl)ccc1O)c1sc2ccccc2c1O. The van der Waals surface area contributed by atoms with E-state index in [0.29, 0.717) is 16.0 Å². The monoisotopic (exact) mass is 346 g/mol. The van der Waals surface area contributed by atoms with Crippen LogP contribution in [0.2, 0.25) is 5.02 Å². The Morgan fingerprint density at radius 2 is 2.00 bits per heavy atom. The largest absolute Gasteiger partial charge is 0.507 e. The molecule has 1 heterocycles. The molecular formula is C16H11ClN2O3S. The van der Waals surface area contributed by atoms with E-state index in [1.807, 2.05) is 12.1 Å². The molecule has 1 aromatic heterocycles. The van der Waals surface area contributed by atoms with E-state index in [-0.39, 0.29) is 16.4 Å². The maximum absolute atomic E-state index is 12.1. The van der Waals surface area contributed by atoms with Gasteiger partial charge in [-0.1, -0.05) is 23.7 Å². The first-order chi connectivity index (χ1) is 11.1. The van der Waals surface area contributed by atoms with E-state index in [9.17, 15) is 15.0 Å². The van der Waals surface area contributed by atoms with Crippen molar-refractivity contribution >= 4 is 45.1 Å². The second kappa shape index (κ2) is 6.28. The summed E-state index contributed by atoms with van der Waals surface area (Å²) in [6, 6.07) is 11.7. The van der Waals surface area contributed by atoms with Crippen molar-refractivity contribution < 1.29 is 15.0 Å². The highest BCUT2D eigenvalue weighted by molar-refractivity contribution is 7.21. The Morgan fingerprint density at radius 1 is 1.22 bits per heavy atom. The number of amides is 1. The predicted molar refractivity (Wildman–Crippen MR) is 91.7 cm³/mol. The molecule has 3 aromatic rings. The summed E-state index contributed by atoms with van der Waals surface area (Å²) in [5, 5.41) is 24.6. The van der Waals surface area contributed by atoms with E-state index >= 15 is 0 Å². The number of nitrogens with zero attached hydrogens (tertiary/aromatic N) is 1. The van der Waals surface area contributed by atoms with E-state index in [0.717, 1.165) is 4.70 Å². The average Bonchev–Trinajstić information content (AvgIpc) is 2.88. The van der Waals surface area contributed by atoms with Crippen molar-refractivity contribution in [1.29, 1.82) is 0 Å². The molecular weight excluding hydrogens is 336 g/mol. The minimum atomic E-state index is -0.526. The van der Waals surface area contributed by atoms with Gasteiger partial charge in [-0.2, -0.15) is 5.10 Å². The first-order valence-corrected chi connectivity index (χ1v) is 7.78. The molecule has 0 aliphatic carbocycles. The van der Waals surface area contributed by atoms with Crippen LogP contribution in [0.3, 0.4) is 0 Å². The van der Waals surface area contributed by atoms with Gasteiger partial charge in [0.2, 0.25) is 0 Å². The Hall–Kier alpha value is -2.57. The number of rotatable bonds is 3. The van der Waals surface area contributed by atoms with E-state index in [1.54, 1.807) is 18.2 Å². The van der Waals surface area contributed by atoms with Crippen LogP contribution >= 0.6 is 22.9 Å². The Morgan fingerprint density at radius 3 is 2.78 bits per heavy atom. The fourth-order valence-corrected chi connectivity index (χ4v) is 3.19. The minimum absolute atomic E-state index is 0.00268. The molecule has 2 aromatic carbocycles. The third kappa shape index (κ3) is 3.13. The molecule has 0 saturated heterocycles. The number of halogens is 1. The van der Waals surface area contributed by atoms with Gasteiger partial charge in [0.25, 0.3) is 5.91 Å². The van der Waals surface area contributed by atoms with Crippen molar-refractivity contribution in [3.63, 3.8) is 0 Å². The first kappa shape index (κ1) is 15.3. The molecule has 3 rings (SSSR count). The predicted octanol–water partition coefficient (Wildman–Crippen LogP) is 3.73. The summed E-state index contributed by atoms with van der Waals surface area (Å²) in [6.45, 7) is 0. The van der Waals surface area contributed by atoms with Gasteiger partial charge in [0.1, 0.15) is 16.4 Å². The van der Waals surface area contributed by atoms with Crippen LogP contribution in [0.1, 0.15) is 15.2 Å². The number of hydrazone groups is 1. The summed E-state index contributed by atoms with van der Waals surface area (Å²) in [6.07, 6.45) is 1.28. The summed E-state index contributed by atoms with van der Waals surface area (Å²) in [5.74, 6) is -0.595. The summed E-state index contributed by atoms with van der Waals surface area (Å²) in [5.41, 5.74) is 2.70. The Bertz CT molecular complexity index is 921. The molecule has 1 amide bonds. The molecule has 23 heavy (non-hydrogen) atoms. The van der Waals surface area contributed by atoms with Gasteiger partial charge in [0.05, 0.1) is 6.21 Å². The van der Waals surface area contributed by atoms with Gasteiger partial charge in [-0.25, -0.2) is 5.43 Å². The standard InChI is InChI=1S/C16H11ClN2O3S/c17-10-5-6-12(20)9(7-10)8-18-19-16(22)15-14(21)11-3-1-2-4-13(11)23-15/h1-8,20-21H,(H,19,22)/b18-8-. The number of thiophene rings is 1. The highest BCUT2D eigenvalue weighted by Crippen LogP contribution is 2.36. The number of fused-ring (bicyclic) bond motifs is 1. The van der Waals surface area contributed by atoms with E-state index < -0.39 is 5.91 Å². The second-order valence-electron chi connectivity index (χ2n) is 4.68. The quantitative estimate of drug-likeness (QED) is 0.499. The lowest BCUT2D eigenvalue weighted by Crippen LogP contribution is -2.16. The molecule has 5 nitrogen and oxygen atoms in total. The van der Waals surface area contributed by atoms with Gasteiger partial charge < -0.3 is 10.2 Å². The van der Waals surface area contributed by atoms with Crippen molar-refractivity contribution in [1.82, 2.24) is 5.43 Å². The summed E-state index contributed by atoms with van der Waals surface area (Å²) >= 11 is 7.01. The van der Waals surface area contributed by atoms with E-state index in [1.165, 1.54) is 29.7 Å². The number of carbonyl (C=O) groups excluding carboxylic acids is 1. The fourth-order valence-electron chi connectivity index (χ4n) is 2.03. The Labute approximate surface area is 140 Å². The zero-order chi connectivity index (χ0) is 16.4. The molecule has 0 radical (unpaired) electrons. The number of nitrogens with one attached hydrogen (secondary N) is 1. The molecule has 0 aliphatic rings. The van der Waals surface area contributed by atoms with Gasteiger partial charge in [-0.3, -0.25) is 4.79 Å². The Kier molecular flexibility index (Phi) is 4.18. The molecule has 0 fully saturated rings. The van der Waals surface area contributed by atoms with Crippen molar-refractivity contribution in [3.8, 4) is 11.5 Å². The number of aromatic hydroxyl groups is 2. The van der Waals surface area contributed by atoms with E-state index in [2.05, 4.69) is 10.5 Å². The highest BCUT2D eigenvalue weighted by Gasteiger charge is 2.17. The molecule has 0 saturated carbocycles. The summed E-state index contributed by atoms with van der Waals surface area (Å²) in [7, 11) is 0. The lowest BCUT2D eigenvalue weighted by Gasteiger charge is -2.00. The lowest BCUT2D eigenvalue weighted by atomic mass is 10.2. The zero-order valence-corrected chi connectivity index (χ0v) is 13.2. The fraction of sp³-hybridized carbons (Fsp3) is 0. The number of hydrogen-bond donors (Lipinski definition) is 3. The molecule has 0 atom stereocenters. The van der Waals surface area contributed by atoms with E-state index in [4.69, 9.17) is 11.6 Å².